The number of amides is 1. The van der Waals surface area contributed by atoms with Gasteiger partial charge in [-0.15, -0.1) is 0 Å². The van der Waals surface area contributed by atoms with Crippen LogP contribution in [0.3, 0.4) is 0 Å². The van der Waals surface area contributed by atoms with Gasteiger partial charge >= 0.3 is 0 Å². The molecule has 2 fully saturated rings. The number of carbonyl (C=O) groups is 1. The van der Waals surface area contributed by atoms with Crippen LogP contribution in [0.1, 0.15) is 37.7 Å². The minimum Gasteiger partial charge on any atom is -0.342 e. The van der Waals surface area contributed by atoms with E-state index in [9.17, 15) is 13.6 Å². The van der Waals surface area contributed by atoms with Gasteiger partial charge in [0.1, 0.15) is 11.6 Å². The molecule has 1 aromatic heterocycles. The first-order chi connectivity index (χ1) is 13.1. The number of aryl methyl sites for hydroxylation is 1. The molecule has 1 saturated carbocycles. The van der Waals surface area contributed by atoms with Gasteiger partial charge in [-0.25, -0.2) is 8.78 Å². The minimum atomic E-state index is -0.544. The van der Waals surface area contributed by atoms with Crippen LogP contribution in [-0.2, 0) is 17.8 Å². The molecule has 1 aromatic carbocycles. The summed E-state index contributed by atoms with van der Waals surface area (Å²) in [6.07, 6.45) is 8.94. The third-order valence-electron chi connectivity index (χ3n) is 5.97. The summed E-state index contributed by atoms with van der Waals surface area (Å²) in [6.45, 7) is 2.20. The lowest BCUT2D eigenvalue weighted by molar-refractivity contribution is -0.139. The largest absolute Gasteiger partial charge is 0.342 e. The fraction of sp³-hybridized carbons (Fsp3) is 0.524. The molecule has 2 heterocycles. The van der Waals surface area contributed by atoms with Gasteiger partial charge in [-0.2, -0.15) is 5.10 Å². The lowest BCUT2D eigenvalue weighted by Crippen LogP contribution is -2.45. The van der Waals surface area contributed by atoms with E-state index in [4.69, 9.17) is 0 Å². The highest BCUT2D eigenvalue weighted by Crippen LogP contribution is 2.49. The molecule has 1 unspecified atom stereocenters. The van der Waals surface area contributed by atoms with Gasteiger partial charge in [0.2, 0.25) is 5.91 Å². The van der Waals surface area contributed by atoms with Crippen molar-refractivity contribution < 1.29 is 13.6 Å². The Morgan fingerprint density at radius 1 is 1.30 bits per heavy atom. The molecule has 0 radical (unpaired) electrons. The molecule has 1 aliphatic heterocycles. The summed E-state index contributed by atoms with van der Waals surface area (Å²) >= 11 is 0. The molecule has 2 aromatic rings. The Balaban J connectivity index is 1.34. The average Bonchev–Trinajstić information content (AvgIpc) is 3.26. The lowest BCUT2D eigenvalue weighted by atomic mass is 9.90. The van der Waals surface area contributed by atoms with Crippen LogP contribution in [0, 0.1) is 23.0 Å². The van der Waals surface area contributed by atoms with E-state index in [-0.39, 0.29) is 11.3 Å². The molecule has 1 amide bonds. The van der Waals surface area contributed by atoms with Gasteiger partial charge in [0.15, 0.2) is 0 Å². The fourth-order valence-electron chi connectivity index (χ4n) is 4.20. The number of hydrogen-bond donors (Lipinski definition) is 0. The highest BCUT2D eigenvalue weighted by molar-refractivity contribution is 5.85. The SMILES string of the molecule is O=C(N1CCCC(CCc2ccc(F)cc2F)C1)C1(Cn2cccn2)CC1. The van der Waals surface area contributed by atoms with Crippen molar-refractivity contribution in [3.05, 3.63) is 53.9 Å². The third kappa shape index (κ3) is 4.04. The summed E-state index contributed by atoms with van der Waals surface area (Å²) < 4.78 is 28.7. The van der Waals surface area contributed by atoms with Crippen LogP contribution in [0.2, 0.25) is 0 Å². The van der Waals surface area contributed by atoms with Crippen LogP contribution in [0.15, 0.2) is 36.7 Å². The number of aromatic nitrogens is 2. The van der Waals surface area contributed by atoms with Crippen molar-refractivity contribution in [2.24, 2.45) is 11.3 Å². The molecule has 0 bridgehead atoms. The van der Waals surface area contributed by atoms with E-state index in [2.05, 4.69) is 5.10 Å². The van der Waals surface area contributed by atoms with Crippen LogP contribution in [0.25, 0.3) is 0 Å². The number of hydrogen-bond acceptors (Lipinski definition) is 2. The second-order valence-electron chi connectivity index (χ2n) is 8.02. The van der Waals surface area contributed by atoms with E-state index < -0.39 is 11.6 Å². The van der Waals surface area contributed by atoms with Crippen LogP contribution >= 0.6 is 0 Å². The van der Waals surface area contributed by atoms with Gasteiger partial charge in [-0.1, -0.05) is 6.07 Å². The van der Waals surface area contributed by atoms with Crippen molar-refractivity contribution in [1.29, 1.82) is 0 Å². The van der Waals surface area contributed by atoms with Gasteiger partial charge in [0.25, 0.3) is 0 Å². The number of carbonyl (C=O) groups excluding carboxylic acids is 1. The smallest absolute Gasteiger partial charge is 0.230 e. The second kappa shape index (κ2) is 7.41. The van der Waals surface area contributed by atoms with Crippen molar-refractivity contribution in [2.75, 3.05) is 13.1 Å². The van der Waals surface area contributed by atoms with Crippen LogP contribution in [0.5, 0.6) is 0 Å². The summed E-state index contributed by atoms with van der Waals surface area (Å²) in [5.74, 6) is -0.407. The Morgan fingerprint density at radius 2 is 2.15 bits per heavy atom. The Bertz CT molecular complexity index is 802. The normalized spacial score (nSPS) is 21.3. The zero-order valence-electron chi connectivity index (χ0n) is 15.4. The average molecular weight is 373 g/mol. The fourth-order valence-corrected chi connectivity index (χ4v) is 4.20. The maximum atomic E-state index is 13.8. The van der Waals surface area contributed by atoms with E-state index in [0.29, 0.717) is 24.4 Å². The third-order valence-corrected chi connectivity index (χ3v) is 5.97. The predicted octanol–water partition coefficient (Wildman–Crippen LogP) is 3.81. The summed E-state index contributed by atoms with van der Waals surface area (Å²) in [4.78, 5) is 15.1. The first kappa shape index (κ1) is 18.1. The first-order valence-electron chi connectivity index (χ1n) is 9.76. The Hall–Kier alpha value is -2.24. The van der Waals surface area contributed by atoms with Crippen molar-refractivity contribution in [3.8, 4) is 0 Å². The summed E-state index contributed by atoms with van der Waals surface area (Å²) in [7, 11) is 0. The predicted molar refractivity (Wildman–Crippen MR) is 97.9 cm³/mol. The number of piperidine rings is 1. The minimum absolute atomic E-state index is 0.246. The van der Waals surface area contributed by atoms with Gasteiger partial charge in [-0.05, 0) is 62.1 Å². The number of rotatable bonds is 6. The van der Waals surface area contributed by atoms with E-state index in [0.717, 1.165) is 51.3 Å². The highest BCUT2D eigenvalue weighted by Gasteiger charge is 2.52. The maximum Gasteiger partial charge on any atom is 0.230 e. The molecule has 1 saturated heterocycles. The van der Waals surface area contributed by atoms with Crippen LogP contribution < -0.4 is 0 Å². The molecular formula is C21H25F2N3O. The molecule has 0 N–H and O–H groups in total. The lowest BCUT2D eigenvalue weighted by Gasteiger charge is -2.35. The Labute approximate surface area is 158 Å². The molecule has 27 heavy (non-hydrogen) atoms. The first-order valence-corrected chi connectivity index (χ1v) is 9.76. The van der Waals surface area contributed by atoms with Crippen molar-refractivity contribution in [1.82, 2.24) is 14.7 Å². The zero-order valence-corrected chi connectivity index (χ0v) is 15.4. The molecular weight excluding hydrogens is 348 g/mol. The number of halogens is 2. The number of likely N-dealkylation sites (tertiary alicyclic amines) is 1. The molecule has 2 aliphatic rings. The molecule has 6 heteroatoms. The summed E-state index contributed by atoms with van der Waals surface area (Å²) in [5.41, 5.74) is 0.272. The Kier molecular flexibility index (Phi) is 4.98. The maximum absolute atomic E-state index is 13.8. The van der Waals surface area contributed by atoms with E-state index in [1.807, 2.05) is 21.8 Å². The van der Waals surface area contributed by atoms with Crippen LogP contribution in [-0.4, -0.2) is 33.7 Å². The second-order valence-corrected chi connectivity index (χ2v) is 8.02. The van der Waals surface area contributed by atoms with Gasteiger partial charge < -0.3 is 4.90 Å². The molecule has 144 valence electrons. The number of nitrogens with zero attached hydrogens (tertiary/aromatic N) is 3. The van der Waals surface area contributed by atoms with Gasteiger partial charge in [0.05, 0.1) is 12.0 Å². The molecule has 1 atom stereocenters. The monoisotopic (exact) mass is 373 g/mol. The molecule has 4 rings (SSSR count). The number of benzene rings is 1. The highest BCUT2D eigenvalue weighted by atomic mass is 19.1. The summed E-state index contributed by atoms with van der Waals surface area (Å²) in [5, 5.41) is 4.25. The Morgan fingerprint density at radius 3 is 2.85 bits per heavy atom. The molecule has 4 nitrogen and oxygen atoms in total. The van der Waals surface area contributed by atoms with Crippen molar-refractivity contribution >= 4 is 5.91 Å². The zero-order chi connectivity index (χ0) is 18.9. The van der Waals surface area contributed by atoms with Crippen molar-refractivity contribution in [3.63, 3.8) is 0 Å². The van der Waals surface area contributed by atoms with E-state index in [1.54, 1.807) is 6.20 Å². The van der Waals surface area contributed by atoms with Crippen molar-refractivity contribution in [2.45, 2.75) is 45.1 Å². The topological polar surface area (TPSA) is 38.1 Å². The van der Waals surface area contributed by atoms with E-state index >= 15 is 0 Å². The molecule has 0 spiro atoms. The van der Waals surface area contributed by atoms with Crippen LogP contribution in [0.4, 0.5) is 8.78 Å². The van der Waals surface area contributed by atoms with E-state index in [1.165, 1.54) is 12.1 Å². The van der Waals surface area contributed by atoms with Gasteiger partial charge in [-0.3, -0.25) is 9.48 Å². The quantitative estimate of drug-likeness (QED) is 0.772. The summed E-state index contributed by atoms with van der Waals surface area (Å²) in [6, 6.07) is 5.66. The standard InChI is InChI=1S/C21H25F2N3O/c22-18-7-6-17(19(23)13-18)5-4-16-3-1-11-25(14-16)20(27)21(8-9-21)15-26-12-2-10-24-26/h2,6-7,10,12-13,16H,1,3-5,8-9,11,14-15H2. The molecule has 1 aliphatic carbocycles. The van der Waals surface area contributed by atoms with Gasteiger partial charge in [0, 0.05) is 31.5 Å².